The predicted octanol–water partition coefficient (Wildman–Crippen LogP) is 7.56. The number of hydrogen-bond donors (Lipinski definition) is 1. The topological polar surface area (TPSA) is 20.2 Å². The molecular weight excluding hydrogens is 280 g/mol. The molecule has 0 spiro atoms. The van der Waals surface area contributed by atoms with Gasteiger partial charge in [0.2, 0.25) is 0 Å². The van der Waals surface area contributed by atoms with Crippen LogP contribution in [0.3, 0.4) is 0 Å². The molecule has 0 saturated carbocycles. The maximum Gasteiger partial charge on any atom is 0.119 e. The summed E-state index contributed by atoms with van der Waals surface area (Å²) in [6.45, 7) is 17.2. The molecule has 1 aromatic carbocycles. The van der Waals surface area contributed by atoms with E-state index < -0.39 is 0 Å². The van der Waals surface area contributed by atoms with Crippen molar-refractivity contribution >= 4 is 0 Å². The van der Waals surface area contributed by atoms with Crippen LogP contribution in [0.1, 0.15) is 109 Å². The molecular formula is C22H40O. The van der Waals surface area contributed by atoms with Crippen molar-refractivity contribution in [2.75, 3.05) is 0 Å². The van der Waals surface area contributed by atoms with Crippen molar-refractivity contribution in [2.45, 2.75) is 99.3 Å². The van der Waals surface area contributed by atoms with E-state index in [2.05, 4.69) is 47.6 Å². The van der Waals surface area contributed by atoms with E-state index in [1.54, 1.807) is 0 Å². The van der Waals surface area contributed by atoms with Crippen LogP contribution >= 0.6 is 0 Å². The van der Waals surface area contributed by atoms with E-state index in [-0.39, 0.29) is 0 Å². The molecule has 0 bridgehead atoms. The van der Waals surface area contributed by atoms with Gasteiger partial charge < -0.3 is 5.11 Å². The van der Waals surface area contributed by atoms with Crippen molar-refractivity contribution in [3.63, 3.8) is 0 Å². The van der Waals surface area contributed by atoms with Crippen LogP contribution in [0.5, 0.6) is 5.75 Å². The third kappa shape index (κ3) is 6.20. The van der Waals surface area contributed by atoms with E-state index in [1.165, 1.54) is 48.8 Å². The number of aromatic hydroxyl groups is 1. The SMILES string of the molecule is CC.CCC.CCC[C@H](C)[C@H]1CC[C@H](C)c2c(O)cc(C)cc21. The number of aryl methyl sites for hydroxylation is 1. The lowest BCUT2D eigenvalue weighted by Gasteiger charge is -2.34. The van der Waals surface area contributed by atoms with Gasteiger partial charge in [0.15, 0.2) is 0 Å². The first-order valence-corrected chi connectivity index (χ1v) is 9.79. The van der Waals surface area contributed by atoms with Gasteiger partial charge in [0.05, 0.1) is 0 Å². The Morgan fingerprint density at radius 1 is 1.13 bits per heavy atom. The Kier molecular flexibility index (Phi) is 11.0. The normalized spacial score (nSPS) is 20.3. The zero-order valence-corrected chi connectivity index (χ0v) is 16.9. The molecule has 0 saturated heterocycles. The lowest BCUT2D eigenvalue weighted by Crippen LogP contribution is -2.19. The lowest BCUT2D eigenvalue weighted by molar-refractivity contribution is 0.357. The Balaban J connectivity index is 0.000000868. The van der Waals surface area contributed by atoms with Crippen molar-refractivity contribution in [2.24, 2.45) is 5.92 Å². The van der Waals surface area contributed by atoms with Gasteiger partial charge in [-0.1, -0.05) is 73.8 Å². The van der Waals surface area contributed by atoms with Crippen molar-refractivity contribution < 1.29 is 5.11 Å². The van der Waals surface area contributed by atoms with E-state index in [1.807, 2.05) is 19.9 Å². The second-order valence-electron chi connectivity index (χ2n) is 6.84. The molecule has 134 valence electrons. The minimum Gasteiger partial charge on any atom is -0.508 e. The first-order valence-electron chi connectivity index (χ1n) is 9.79. The molecule has 1 aliphatic rings. The predicted molar refractivity (Wildman–Crippen MR) is 105 cm³/mol. The van der Waals surface area contributed by atoms with Gasteiger partial charge in [0.1, 0.15) is 5.75 Å². The molecule has 0 amide bonds. The lowest BCUT2D eigenvalue weighted by atomic mass is 9.71. The van der Waals surface area contributed by atoms with Crippen LogP contribution in [0.4, 0.5) is 0 Å². The fraction of sp³-hybridized carbons (Fsp3) is 0.727. The van der Waals surface area contributed by atoms with Gasteiger partial charge in [-0.3, -0.25) is 0 Å². The highest BCUT2D eigenvalue weighted by Crippen LogP contribution is 2.46. The molecule has 2 rings (SSSR count). The highest BCUT2D eigenvalue weighted by molar-refractivity contribution is 5.48. The summed E-state index contributed by atoms with van der Waals surface area (Å²) in [5.74, 6) is 2.39. The molecule has 0 radical (unpaired) electrons. The summed E-state index contributed by atoms with van der Waals surface area (Å²) in [5, 5.41) is 10.2. The van der Waals surface area contributed by atoms with Gasteiger partial charge in [-0.05, 0) is 54.7 Å². The monoisotopic (exact) mass is 320 g/mol. The highest BCUT2D eigenvalue weighted by Gasteiger charge is 2.30. The van der Waals surface area contributed by atoms with Crippen LogP contribution in [0, 0.1) is 12.8 Å². The molecule has 0 fully saturated rings. The number of hydrogen-bond acceptors (Lipinski definition) is 1. The average molecular weight is 321 g/mol. The summed E-state index contributed by atoms with van der Waals surface area (Å²) in [5.41, 5.74) is 3.83. The summed E-state index contributed by atoms with van der Waals surface area (Å²) in [7, 11) is 0. The molecule has 0 heterocycles. The molecule has 1 heteroatoms. The minimum atomic E-state index is 0.505. The molecule has 1 aromatic rings. The zero-order valence-electron chi connectivity index (χ0n) is 16.9. The molecule has 0 aromatic heterocycles. The highest BCUT2D eigenvalue weighted by atomic mass is 16.3. The second-order valence-corrected chi connectivity index (χ2v) is 6.84. The van der Waals surface area contributed by atoms with Crippen LogP contribution in [-0.4, -0.2) is 5.11 Å². The van der Waals surface area contributed by atoms with Gasteiger partial charge in [-0.25, -0.2) is 0 Å². The summed E-state index contributed by atoms with van der Waals surface area (Å²) in [6, 6.07) is 4.23. The fourth-order valence-electron chi connectivity index (χ4n) is 3.63. The molecule has 23 heavy (non-hydrogen) atoms. The quantitative estimate of drug-likeness (QED) is 0.609. The van der Waals surface area contributed by atoms with Crippen molar-refractivity contribution in [3.8, 4) is 5.75 Å². The van der Waals surface area contributed by atoms with Gasteiger partial charge in [-0.2, -0.15) is 0 Å². The standard InChI is InChI=1S/C17H26O.C3H8.C2H6/c1-5-6-12(3)14-8-7-13(4)17-15(14)9-11(2)10-16(17)18;1-3-2;1-2/h9-10,12-14,18H,5-8H2,1-4H3;3H2,1-2H3;1-2H3/t12-,13-,14+;;/m0../s1. The van der Waals surface area contributed by atoms with Gasteiger partial charge >= 0.3 is 0 Å². The van der Waals surface area contributed by atoms with Crippen LogP contribution in [0.2, 0.25) is 0 Å². The maximum atomic E-state index is 10.2. The summed E-state index contributed by atoms with van der Waals surface area (Å²) < 4.78 is 0. The third-order valence-electron chi connectivity index (χ3n) is 4.57. The first-order chi connectivity index (χ1) is 11.0. The Morgan fingerprint density at radius 2 is 1.70 bits per heavy atom. The van der Waals surface area contributed by atoms with Crippen molar-refractivity contribution in [3.05, 3.63) is 28.8 Å². The van der Waals surface area contributed by atoms with E-state index in [4.69, 9.17) is 0 Å². The Labute approximate surface area is 145 Å². The summed E-state index contributed by atoms with van der Waals surface area (Å²) in [4.78, 5) is 0. The van der Waals surface area contributed by atoms with E-state index in [0.29, 0.717) is 17.6 Å². The van der Waals surface area contributed by atoms with Gasteiger partial charge in [0.25, 0.3) is 0 Å². The van der Waals surface area contributed by atoms with Crippen LogP contribution in [-0.2, 0) is 0 Å². The van der Waals surface area contributed by atoms with Crippen molar-refractivity contribution in [1.29, 1.82) is 0 Å². The van der Waals surface area contributed by atoms with Crippen LogP contribution in [0.25, 0.3) is 0 Å². The second kappa shape index (κ2) is 11.5. The first kappa shape index (κ1) is 22.0. The maximum absolute atomic E-state index is 10.2. The number of benzene rings is 1. The fourth-order valence-corrected chi connectivity index (χ4v) is 3.63. The molecule has 1 aliphatic carbocycles. The summed E-state index contributed by atoms with van der Waals surface area (Å²) >= 11 is 0. The van der Waals surface area contributed by atoms with Crippen LogP contribution < -0.4 is 0 Å². The Bertz CT molecular complexity index is 436. The van der Waals surface area contributed by atoms with E-state index in [9.17, 15) is 5.11 Å². The van der Waals surface area contributed by atoms with Crippen LogP contribution in [0.15, 0.2) is 12.1 Å². The molecule has 1 nitrogen and oxygen atoms in total. The average Bonchev–Trinajstić information content (AvgIpc) is 2.49. The van der Waals surface area contributed by atoms with E-state index in [0.717, 1.165) is 5.92 Å². The third-order valence-corrected chi connectivity index (χ3v) is 4.57. The largest absolute Gasteiger partial charge is 0.508 e. The molecule has 0 aliphatic heterocycles. The van der Waals surface area contributed by atoms with E-state index >= 15 is 0 Å². The minimum absolute atomic E-state index is 0.505. The summed E-state index contributed by atoms with van der Waals surface area (Å²) in [6.07, 6.45) is 6.27. The molecule has 0 unspecified atom stereocenters. The molecule has 3 atom stereocenters. The smallest absolute Gasteiger partial charge is 0.119 e. The number of phenolic OH excluding ortho intramolecular Hbond substituents is 1. The molecule has 1 N–H and O–H groups in total. The Morgan fingerprint density at radius 3 is 2.22 bits per heavy atom. The number of phenols is 1. The van der Waals surface area contributed by atoms with Crippen molar-refractivity contribution in [1.82, 2.24) is 0 Å². The van der Waals surface area contributed by atoms with Gasteiger partial charge in [0, 0.05) is 5.56 Å². The van der Waals surface area contributed by atoms with Gasteiger partial charge in [-0.15, -0.1) is 0 Å². The Hall–Kier alpha value is -0.980. The zero-order chi connectivity index (χ0) is 18.0. The number of rotatable bonds is 3. The number of fused-ring (bicyclic) bond motifs is 1.